The number of carbonyl (C=O) groups excluding carboxylic acids is 1. The van der Waals surface area contributed by atoms with Crippen molar-refractivity contribution in [3.05, 3.63) is 34.5 Å². The summed E-state index contributed by atoms with van der Waals surface area (Å²) in [4.78, 5) is 22.4. The number of hydrogen-bond acceptors (Lipinski definition) is 3. The molecule has 3 N–H and O–H groups in total. The Morgan fingerprint density at radius 2 is 2.26 bits per heavy atom. The van der Waals surface area contributed by atoms with E-state index in [1.54, 1.807) is 23.5 Å². The Bertz CT molecular complexity index is 470. The molecule has 5 nitrogen and oxygen atoms in total. The molecule has 0 aromatic carbocycles. The Kier molecular flexibility index (Phi) is 4.57. The molecule has 2 atom stereocenters. The molecule has 1 heterocycles. The highest BCUT2D eigenvalue weighted by Gasteiger charge is 2.25. The van der Waals surface area contributed by atoms with Crippen LogP contribution in [0.2, 0.25) is 0 Å². The van der Waals surface area contributed by atoms with Crippen molar-refractivity contribution in [2.24, 2.45) is 5.92 Å². The summed E-state index contributed by atoms with van der Waals surface area (Å²) in [5.74, 6) is -1.34. The maximum atomic E-state index is 11.6. The number of carbonyl (C=O) groups is 2. The van der Waals surface area contributed by atoms with Crippen LogP contribution in [0.5, 0.6) is 0 Å². The number of urea groups is 1. The molecular weight excluding hydrogens is 264 g/mol. The second kappa shape index (κ2) is 6.38. The van der Waals surface area contributed by atoms with Crippen LogP contribution in [0.25, 0.3) is 0 Å². The Labute approximate surface area is 115 Å². The van der Waals surface area contributed by atoms with Crippen molar-refractivity contribution in [3.63, 3.8) is 0 Å². The smallest absolute Gasteiger partial charge is 0.315 e. The fourth-order valence-electron chi connectivity index (χ4n) is 1.96. The molecular formula is C13H16N2O3S. The van der Waals surface area contributed by atoms with Crippen LogP contribution in [0.4, 0.5) is 4.79 Å². The molecule has 0 spiro atoms. The molecule has 0 bridgehead atoms. The number of nitrogens with one attached hydrogen (secondary N) is 2. The molecule has 0 fully saturated rings. The first-order valence-electron chi connectivity index (χ1n) is 6.11. The van der Waals surface area contributed by atoms with Gasteiger partial charge >= 0.3 is 12.0 Å². The normalized spacial score (nSPS) is 21.3. The van der Waals surface area contributed by atoms with E-state index in [2.05, 4.69) is 16.0 Å². The fraction of sp³-hybridized carbons (Fsp3) is 0.385. The van der Waals surface area contributed by atoms with Gasteiger partial charge in [0.05, 0.1) is 12.0 Å². The van der Waals surface area contributed by atoms with Crippen molar-refractivity contribution in [1.29, 1.82) is 0 Å². The Morgan fingerprint density at radius 1 is 1.42 bits per heavy atom. The van der Waals surface area contributed by atoms with Crippen LogP contribution in [-0.2, 0) is 11.2 Å². The minimum absolute atomic E-state index is 0.192. The number of carboxylic acids is 1. The molecule has 102 valence electrons. The largest absolute Gasteiger partial charge is 0.481 e. The molecule has 0 aliphatic heterocycles. The molecule has 0 saturated carbocycles. The molecule has 1 aromatic heterocycles. The fourth-order valence-corrected chi connectivity index (χ4v) is 2.67. The lowest BCUT2D eigenvalue weighted by molar-refractivity contribution is -0.140. The Hall–Kier alpha value is -1.82. The van der Waals surface area contributed by atoms with Crippen LogP contribution < -0.4 is 10.6 Å². The molecule has 6 heteroatoms. The number of thiophene rings is 1. The van der Waals surface area contributed by atoms with Gasteiger partial charge in [0.15, 0.2) is 0 Å². The van der Waals surface area contributed by atoms with Crippen molar-refractivity contribution in [1.82, 2.24) is 10.6 Å². The predicted octanol–water partition coefficient (Wildman–Crippen LogP) is 1.62. The Morgan fingerprint density at radius 3 is 2.89 bits per heavy atom. The second-order valence-corrected chi connectivity index (χ2v) is 5.23. The van der Waals surface area contributed by atoms with Crippen LogP contribution in [0.3, 0.4) is 0 Å². The predicted molar refractivity (Wildman–Crippen MR) is 73.2 cm³/mol. The van der Waals surface area contributed by atoms with Crippen molar-refractivity contribution in [3.8, 4) is 0 Å². The minimum atomic E-state index is -0.849. The number of amides is 2. The van der Waals surface area contributed by atoms with E-state index in [4.69, 9.17) is 5.11 Å². The van der Waals surface area contributed by atoms with Gasteiger partial charge in [0, 0.05) is 6.54 Å². The number of aliphatic carboxylic acids is 1. The first-order valence-corrected chi connectivity index (χ1v) is 7.06. The third-order valence-electron chi connectivity index (χ3n) is 3.00. The first-order chi connectivity index (χ1) is 9.15. The molecule has 19 heavy (non-hydrogen) atoms. The standard InChI is InChI=1S/C13H16N2O3S/c16-12(17)10-1-2-11(7-10)15-13(18)14-5-3-9-4-6-19-8-9/h1-2,4,6,8,10-11H,3,5,7H2,(H,16,17)(H2,14,15,18). The average Bonchev–Trinajstić information content (AvgIpc) is 3.00. The van der Waals surface area contributed by atoms with Crippen LogP contribution >= 0.6 is 11.3 Å². The third-order valence-corrected chi connectivity index (χ3v) is 3.73. The molecule has 1 aromatic rings. The van der Waals surface area contributed by atoms with Gasteiger partial charge in [0.1, 0.15) is 0 Å². The lowest BCUT2D eigenvalue weighted by Gasteiger charge is -2.12. The molecule has 0 saturated heterocycles. The zero-order chi connectivity index (χ0) is 13.7. The van der Waals surface area contributed by atoms with Gasteiger partial charge in [-0.05, 0) is 35.2 Å². The maximum absolute atomic E-state index is 11.6. The van der Waals surface area contributed by atoms with Gasteiger partial charge in [0.2, 0.25) is 0 Å². The molecule has 2 rings (SSSR count). The monoisotopic (exact) mass is 280 g/mol. The zero-order valence-corrected chi connectivity index (χ0v) is 11.2. The van der Waals surface area contributed by atoms with E-state index < -0.39 is 11.9 Å². The summed E-state index contributed by atoms with van der Waals surface area (Å²) >= 11 is 1.63. The molecule has 2 amide bonds. The van der Waals surface area contributed by atoms with Crippen molar-refractivity contribution >= 4 is 23.3 Å². The molecule has 2 unspecified atom stereocenters. The zero-order valence-electron chi connectivity index (χ0n) is 10.3. The summed E-state index contributed by atoms with van der Waals surface area (Å²) in [5, 5.41) is 18.4. The lowest BCUT2D eigenvalue weighted by atomic mass is 10.1. The van der Waals surface area contributed by atoms with Crippen LogP contribution in [0.1, 0.15) is 12.0 Å². The maximum Gasteiger partial charge on any atom is 0.315 e. The van der Waals surface area contributed by atoms with Crippen LogP contribution in [0, 0.1) is 5.92 Å². The highest BCUT2D eigenvalue weighted by atomic mass is 32.1. The van der Waals surface area contributed by atoms with Gasteiger partial charge in [-0.25, -0.2) is 4.79 Å². The van der Waals surface area contributed by atoms with E-state index in [9.17, 15) is 9.59 Å². The van der Waals surface area contributed by atoms with E-state index in [0.29, 0.717) is 13.0 Å². The molecule has 1 aliphatic rings. The topological polar surface area (TPSA) is 78.4 Å². The van der Waals surface area contributed by atoms with Gasteiger partial charge in [-0.2, -0.15) is 11.3 Å². The third kappa shape index (κ3) is 4.10. The Balaban J connectivity index is 1.65. The van der Waals surface area contributed by atoms with Crippen molar-refractivity contribution in [2.75, 3.05) is 6.54 Å². The number of rotatable bonds is 5. The van der Waals surface area contributed by atoms with Gasteiger partial charge in [-0.3, -0.25) is 4.79 Å². The summed E-state index contributed by atoms with van der Waals surface area (Å²) in [5.41, 5.74) is 1.21. The van der Waals surface area contributed by atoms with E-state index in [1.165, 1.54) is 5.56 Å². The average molecular weight is 280 g/mol. The van der Waals surface area contributed by atoms with Gasteiger partial charge in [-0.1, -0.05) is 12.2 Å². The van der Waals surface area contributed by atoms with E-state index in [1.807, 2.05) is 11.4 Å². The van der Waals surface area contributed by atoms with Crippen molar-refractivity contribution in [2.45, 2.75) is 18.9 Å². The molecule has 1 aliphatic carbocycles. The van der Waals surface area contributed by atoms with Crippen molar-refractivity contribution < 1.29 is 14.7 Å². The van der Waals surface area contributed by atoms with E-state index in [-0.39, 0.29) is 12.1 Å². The SMILES string of the molecule is O=C(NCCc1ccsc1)NC1C=CC(C(=O)O)C1. The summed E-state index contributed by atoms with van der Waals surface area (Å²) in [6.45, 7) is 0.571. The van der Waals surface area contributed by atoms with Gasteiger partial charge in [-0.15, -0.1) is 0 Å². The minimum Gasteiger partial charge on any atom is -0.481 e. The number of carboxylic acid groups (broad SMARTS) is 1. The number of hydrogen-bond donors (Lipinski definition) is 3. The quantitative estimate of drug-likeness (QED) is 0.717. The second-order valence-electron chi connectivity index (χ2n) is 4.45. The van der Waals surface area contributed by atoms with E-state index >= 15 is 0 Å². The highest BCUT2D eigenvalue weighted by molar-refractivity contribution is 7.07. The summed E-state index contributed by atoms with van der Waals surface area (Å²) in [7, 11) is 0. The lowest BCUT2D eigenvalue weighted by Crippen LogP contribution is -2.41. The van der Waals surface area contributed by atoms with Crippen LogP contribution in [0.15, 0.2) is 29.0 Å². The van der Waals surface area contributed by atoms with Gasteiger partial charge in [0.25, 0.3) is 0 Å². The summed E-state index contributed by atoms with van der Waals surface area (Å²) < 4.78 is 0. The van der Waals surface area contributed by atoms with Crippen LogP contribution in [-0.4, -0.2) is 29.7 Å². The summed E-state index contributed by atoms with van der Waals surface area (Å²) in [6, 6.07) is 1.58. The van der Waals surface area contributed by atoms with Gasteiger partial charge < -0.3 is 15.7 Å². The van der Waals surface area contributed by atoms with E-state index in [0.717, 1.165) is 6.42 Å². The first kappa shape index (κ1) is 13.6. The molecule has 0 radical (unpaired) electrons. The highest BCUT2D eigenvalue weighted by Crippen LogP contribution is 2.17. The summed E-state index contributed by atoms with van der Waals surface area (Å²) in [6.07, 6.45) is 4.58.